The number of likely N-dealkylation sites (tertiary alicyclic amines) is 1. The van der Waals surface area contributed by atoms with Crippen molar-refractivity contribution in [1.29, 1.82) is 0 Å². The van der Waals surface area contributed by atoms with E-state index in [1.807, 2.05) is 30.3 Å². The van der Waals surface area contributed by atoms with E-state index in [1.165, 1.54) is 12.7 Å². The van der Waals surface area contributed by atoms with Gasteiger partial charge < -0.3 is 19.5 Å². The molecule has 200 valence electrons. The van der Waals surface area contributed by atoms with Gasteiger partial charge in [0.2, 0.25) is 0 Å². The number of nitrogens with one attached hydrogen (secondary N) is 1. The van der Waals surface area contributed by atoms with Crippen molar-refractivity contribution in [3.8, 4) is 5.75 Å². The zero-order chi connectivity index (χ0) is 25.7. The molecule has 3 aliphatic heterocycles. The number of hydrogen-bond acceptors (Lipinski definition) is 7. The number of halogens is 1. The smallest absolute Gasteiger partial charge is 0.306 e. The summed E-state index contributed by atoms with van der Waals surface area (Å²) in [5, 5.41) is 3.36. The van der Waals surface area contributed by atoms with E-state index in [0.29, 0.717) is 51.4 Å². The number of anilines is 1. The lowest BCUT2D eigenvalue weighted by Gasteiger charge is -2.27. The Morgan fingerprint density at radius 1 is 1.32 bits per heavy atom. The molecule has 7 nitrogen and oxygen atoms in total. The van der Waals surface area contributed by atoms with Crippen LogP contribution in [0, 0.1) is 5.92 Å². The number of alkyl halides is 1. The van der Waals surface area contributed by atoms with Gasteiger partial charge in [-0.25, -0.2) is 9.37 Å². The summed E-state index contributed by atoms with van der Waals surface area (Å²) in [5.74, 6) is 1.82. The molecule has 1 aromatic heterocycles. The second-order valence-corrected chi connectivity index (χ2v) is 10.7. The van der Waals surface area contributed by atoms with Crippen molar-refractivity contribution < 1.29 is 23.4 Å². The summed E-state index contributed by atoms with van der Waals surface area (Å²) >= 11 is 0. The van der Waals surface area contributed by atoms with Gasteiger partial charge in [-0.05, 0) is 61.4 Å². The number of hydrogen-bond donors (Lipinski definition) is 1. The van der Waals surface area contributed by atoms with Crippen LogP contribution in [0.15, 0.2) is 36.4 Å². The van der Waals surface area contributed by atoms with E-state index in [0.717, 1.165) is 55.4 Å². The number of fused-ring (bicyclic) bond motifs is 1. The normalized spacial score (nSPS) is 22.5. The lowest BCUT2D eigenvalue weighted by atomic mass is 9.94. The zero-order valence-corrected chi connectivity index (χ0v) is 21.7. The van der Waals surface area contributed by atoms with Crippen molar-refractivity contribution in [2.75, 3.05) is 58.4 Å². The van der Waals surface area contributed by atoms with Crippen molar-refractivity contribution >= 4 is 11.8 Å². The molecule has 5 rings (SSSR count). The molecule has 1 aromatic carbocycles. The highest BCUT2D eigenvalue weighted by atomic mass is 19.1. The van der Waals surface area contributed by atoms with Crippen molar-refractivity contribution in [2.24, 2.45) is 5.92 Å². The van der Waals surface area contributed by atoms with Gasteiger partial charge in [0.15, 0.2) is 0 Å². The van der Waals surface area contributed by atoms with Crippen LogP contribution in [0.1, 0.15) is 48.4 Å². The van der Waals surface area contributed by atoms with Crippen LogP contribution >= 0.6 is 0 Å². The van der Waals surface area contributed by atoms with Crippen molar-refractivity contribution in [1.82, 2.24) is 9.88 Å². The largest absolute Gasteiger partial charge is 0.493 e. The molecule has 37 heavy (non-hydrogen) atoms. The Balaban J connectivity index is 1.19. The highest BCUT2D eigenvalue weighted by Gasteiger charge is 2.39. The quantitative estimate of drug-likeness (QED) is 0.454. The third kappa shape index (κ3) is 6.79. The molecule has 2 aromatic rings. The summed E-state index contributed by atoms with van der Waals surface area (Å²) in [6, 6.07) is 12.1. The number of methoxy groups -OCH3 is 1. The van der Waals surface area contributed by atoms with Crippen LogP contribution < -0.4 is 10.1 Å². The molecule has 2 saturated heterocycles. The summed E-state index contributed by atoms with van der Waals surface area (Å²) in [7, 11) is 1.41. The van der Waals surface area contributed by atoms with Gasteiger partial charge in [-0.15, -0.1) is 0 Å². The predicted octanol–water partition coefficient (Wildman–Crippen LogP) is 4.16. The number of carbonyl (C=O) groups is 1. The second kappa shape index (κ2) is 11.8. The summed E-state index contributed by atoms with van der Waals surface area (Å²) in [6.07, 6.45) is 3.99. The number of ether oxygens (including phenoxy) is 3. The molecule has 3 aliphatic rings. The highest BCUT2D eigenvalue weighted by Crippen LogP contribution is 2.34. The summed E-state index contributed by atoms with van der Waals surface area (Å²) in [4.78, 5) is 19.1. The van der Waals surface area contributed by atoms with E-state index in [2.05, 4.69) is 16.3 Å². The Bertz CT molecular complexity index is 1080. The standard InChI is InChI=1S/C29H38FN3O4/c1-35-27(34)15-24(23-4-2-6-26(14-23)37-19-21-17-36-18-21)16-33-13-11-29(30,20-33)10-9-25-8-7-22-5-3-12-31-28(22)32-25/h2,4,6-8,14,21,24H,3,5,9-13,15-20H2,1H3,(H,31,32). The predicted molar refractivity (Wildman–Crippen MR) is 140 cm³/mol. The van der Waals surface area contributed by atoms with Crippen LogP contribution in [0.5, 0.6) is 5.75 Å². The second-order valence-electron chi connectivity index (χ2n) is 10.7. The minimum absolute atomic E-state index is 0.0984. The molecule has 2 fully saturated rings. The van der Waals surface area contributed by atoms with Crippen LogP contribution in [0.4, 0.5) is 10.2 Å². The van der Waals surface area contributed by atoms with Gasteiger partial charge in [0.1, 0.15) is 17.2 Å². The van der Waals surface area contributed by atoms with Crippen LogP contribution in [-0.4, -0.2) is 74.6 Å². The average Bonchev–Trinajstić information content (AvgIpc) is 3.26. The fraction of sp³-hybridized carbons (Fsp3) is 0.586. The molecule has 2 atom stereocenters. The number of esters is 1. The van der Waals surface area contributed by atoms with E-state index in [4.69, 9.17) is 19.2 Å². The van der Waals surface area contributed by atoms with E-state index >= 15 is 4.39 Å². The first-order chi connectivity index (χ1) is 18.0. The fourth-order valence-electron chi connectivity index (χ4n) is 5.47. The average molecular weight is 512 g/mol. The topological polar surface area (TPSA) is 72.9 Å². The van der Waals surface area contributed by atoms with Gasteiger partial charge in [0, 0.05) is 43.7 Å². The summed E-state index contributed by atoms with van der Waals surface area (Å²) in [5.41, 5.74) is 1.95. The molecule has 0 saturated carbocycles. The Kier molecular flexibility index (Phi) is 8.25. The van der Waals surface area contributed by atoms with E-state index in [9.17, 15) is 4.79 Å². The third-order valence-electron chi connectivity index (χ3n) is 7.81. The molecule has 8 heteroatoms. The van der Waals surface area contributed by atoms with Gasteiger partial charge in [-0.3, -0.25) is 9.69 Å². The third-order valence-corrected chi connectivity index (χ3v) is 7.81. The molecule has 2 unspecified atom stereocenters. The van der Waals surface area contributed by atoms with Crippen LogP contribution in [0.3, 0.4) is 0 Å². The van der Waals surface area contributed by atoms with Gasteiger partial charge in [0.05, 0.1) is 33.4 Å². The first-order valence-electron chi connectivity index (χ1n) is 13.5. The van der Waals surface area contributed by atoms with E-state index < -0.39 is 5.67 Å². The molecule has 1 N–H and O–H groups in total. The van der Waals surface area contributed by atoms with Crippen molar-refractivity contribution in [3.63, 3.8) is 0 Å². The maximum Gasteiger partial charge on any atom is 0.306 e. The van der Waals surface area contributed by atoms with Crippen LogP contribution in [0.25, 0.3) is 0 Å². The summed E-state index contributed by atoms with van der Waals surface area (Å²) < 4.78 is 32.0. The number of rotatable bonds is 11. The minimum atomic E-state index is -1.25. The van der Waals surface area contributed by atoms with Gasteiger partial charge in [-0.1, -0.05) is 18.2 Å². The first kappa shape index (κ1) is 25.9. The number of aromatic nitrogens is 1. The first-order valence-corrected chi connectivity index (χ1v) is 13.5. The molecule has 0 bridgehead atoms. The number of pyridine rings is 1. The number of carbonyl (C=O) groups excluding carboxylic acids is 1. The van der Waals surface area contributed by atoms with E-state index in [-0.39, 0.29) is 18.3 Å². The molecule has 0 radical (unpaired) electrons. The van der Waals surface area contributed by atoms with Crippen LogP contribution in [0.2, 0.25) is 0 Å². The Morgan fingerprint density at radius 3 is 3.03 bits per heavy atom. The molecule has 0 spiro atoms. The Labute approximate surface area is 218 Å². The molecule has 0 aliphatic carbocycles. The maximum absolute atomic E-state index is 15.8. The molecular formula is C29H38FN3O4. The van der Waals surface area contributed by atoms with Crippen LogP contribution in [-0.2, 0) is 27.1 Å². The molecule has 0 amide bonds. The van der Waals surface area contributed by atoms with E-state index in [1.54, 1.807) is 0 Å². The maximum atomic E-state index is 15.8. The summed E-state index contributed by atoms with van der Waals surface area (Å²) in [6.45, 7) is 4.69. The number of benzene rings is 1. The van der Waals surface area contributed by atoms with Gasteiger partial charge >= 0.3 is 5.97 Å². The number of nitrogens with zero attached hydrogens (tertiary/aromatic N) is 2. The fourth-order valence-corrected chi connectivity index (χ4v) is 5.47. The van der Waals surface area contributed by atoms with Gasteiger partial charge in [-0.2, -0.15) is 0 Å². The van der Waals surface area contributed by atoms with Gasteiger partial charge in [0.25, 0.3) is 0 Å². The lowest BCUT2D eigenvalue weighted by molar-refractivity contribution is -0.141. The molecule has 4 heterocycles. The van der Waals surface area contributed by atoms with Crippen molar-refractivity contribution in [2.45, 2.75) is 50.1 Å². The highest BCUT2D eigenvalue weighted by molar-refractivity contribution is 5.70. The molecular weight excluding hydrogens is 473 g/mol. The Hall–Kier alpha value is -2.71. The van der Waals surface area contributed by atoms with Crippen molar-refractivity contribution in [3.05, 3.63) is 53.2 Å². The monoisotopic (exact) mass is 511 g/mol. The number of aryl methyl sites for hydroxylation is 2. The SMILES string of the molecule is COC(=O)CC(CN1CCC(F)(CCc2ccc3c(n2)NCCC3)C1)c1cccc(OCC2COC2)c1. The Morgan fingerprint density at radius 2 is 2.22 bits per heavy atom. The lowest BCUT2D eigenvalue weighted by Crippen LogP contribution is -2.33. The minimum Gasteiger partial charge on any atom is -0.493 e. The zero-order valence-electron chi connectivity index (χ0n) is 21.7.